The molecule has 1 unspecified atom stereocenters. The fraction of sp³-hybridized carbons (Fsp3) is 1.00. The van der Waals surface area contributed by atoms with E-state index in [1.807, 2.05) is 0 Å². The van der Waals surface area contributed by atoms with Crippen molar-refractivity contribution in [2.45, 2.75) is 0 Å². The standard InChI is InChI=1S/C3H7FIO3P/c1-7-2-3-8-9(4,5)6/h2-3H2,1H3. The van der Waals surface area contributed by atoms with Gasteiger partial charge in [-0.25, -0.2) is 4.57 Å². The van der Waals surface area contributed by atoms with E-state index in [0.717, 1.165) is 22.0 Å². The lowest BCUT2D eigenvalue weighted by molar-refractivity contribution is 0.146. The van der Waals surface area contributed by atoms with Gasteiger partial charge in [0.1, 0.15) is 0 Å². The van der Waals surface area contributed by atoms with E-state index in [4.69, 9.17) is 0 Å². The molecule has 9 heavy (non-hydrogen) atoms. The van der Waals surface area contributed by atoms with Crippen LogP contribution in [0.15, 0.2) is 0 Å². The monoisotopic (exact) mass is 268 g/mol. The van der Waals surface area contributed by atoms with Crippen LogP contribution in [-0.4, -0.2) is 20.3 Å². The van der Waals surface area contributed by atoms with Gasteiger partial charge in [-0.3, -0.25) is 4.52 Å². The third-order valence-electron chi connectivity index (χ3n) is 0.529. The van der Waals surface area contributed by atoms with Crippen molar-refractivity contribution in [2.75, 3.05) is 20.3 Å². The summed E-state index contributed by atoms with van der Waals surface area (Å²) in [6.07, 6.45) is 0. The Kier molecular flexibility index (Phi) is 5.01. The van der Waals surface area contributed by atoms with E-state index in [2.05, 4.69) is 9.26 Å². The number of rotatable bonds is 4. The van der Waals surface area contributed by atoms with Crippen LogP contribution in [0.4, 0.5) is 4.20 Å². The maximum atomic E-state index is 12.0. The second kappa shape index (κ2) is 4.60. The van der Waals surface area contributed by atoms with Gasteiger partial charge in [-0.05, 0) is 0 Å². The van der Waals surface area contributed by atoms with E-state index >= 15 is 0 Å². The summed E-state index contributed by atoms with van der Waals surface area (Å²) >= 11 is 1.13. The molecule has 0 aromatic carbocycles. The summed E-state index contributed by atoms with van der Waals surface area (Å²) < 4.78 is 30.8. The third kappa shape index (κ3) is 8.81. The van der Waals surface area contributed by atoms with Gasteiger partial charge in [0.15, 0.2) is 0 Å². The molecule has 0 radical (unpaired) electrons. The van der Waals surface area contributed by atoms with Crippen molar-refractivity contribution in [2.24, 2.45) is 0 Å². The van der Waals surface area contributed by atoms with E-state index < -0.39 is 5.32 Å². The second-order valence-corrected chi connectivity index (χ2v) is 5.79. The lowest BCUT2D eigenvalue weighted by Gasteiger charge is -2.00. The zero-order valence-electron chi connectivity index (χ0n) is 4.84. The van der Waals surface area contributed by atoms with Crippen molar-refractivity contribution >= 4 is 27.4 Å². The largest absolute Gasteiger partial charge is 0.424 e. The van der Waals surface area contributed by atoms with Crippen molar-refractivity contribution in [1.29, 1.82) is 0 Å². The van der Waals surface area contributed by atoms with E-state index in [0.29, 0.717) is 0 Å². The van der Waals surface area contributed by atoms with Crippen molar-refractivity contribution in [3.8, 4) is 0 Å². The molecule has 0 bridgehead atoms. The zero-order valence-corrected chi connectivity index (χ0v) is 7.89. The Hall–Kier alpha value is 0.810. The molecule has 0 N–H and O–H groups in total. The van der Waals surface area contributed by atoms with Gasteiger partial charge >= 0.3 is 5.32 Å². The fourth-order valence-corrected chi connectivity index (χ4v) is 1.10. The fourth-order valence-electron chi connectivity index (χ4n) is 0.227. The number of methoxy groups -OCH3 is 1. The normalized spacial score (nSPS) is 17.2. The summed E-state index contributed by atoms with van der Waals surface area (Å²) in [6, 6.07) is 0. The summed E-state index contributed by atoms with van der Waals surface area (Å²) in [5.74, 6) is 0. The molecule has 0 rings (SSSR count). The van der Waals surface area contributed by atoms with Crippen LogP contribution in [-0.2, 0) is 13.8 Å². The van der Waals surface area contributed by atoms with Crippen LogP contribution in [0.2, 0.25) is 0 Å². The topological polar surface area (TPSA) is 35.5 Å². The Morgan fingerprint density at radius 2 is 2.22 bits per heavy atom. The van der Waals surface area contributed by atoms with Crippen LogP contribution in [0.5, 0.6) is 0 Å². The maximum absolute atomic E-state index is 12.0. The van der Waals surface area contributed by atoms with Crippen molar-refractivity contribution < 1.29 is 18.0 Å². The number of ether oxygens (including phenoxy) is 1. The highest BCUT2D eigenvalue weighted by Crippen LogP contribution is 2.57. The minimum atomic E-state index is -3.81. The molecule has 0 aromatic heterocycles. The van der Waals surface area contributed by atoms with E-state index in [-0.39, 0.29) is 13.2 Å². The Balaban J connectivity index is 3.18. The van der Waals surface area contributed by atoms with Gasteiger partial charge in [0.25, 0.3) is 0 Å². The minimum absolute atomic E-state index is 0.0349. The number of hydrogen-bond acceptors (Lipinski definition) is 3. The molecule has 0 saturated heterocycles. The maximum Gasteiger partial charge on any atom is 0.424 e. The molecule has 0 aliphatic rings. The first-order valence-electron chi connectivity index (χ1n) is 2.19. The molecule has 3 nitrogen and oxygen atoms in total. The van der Waals surface area contributed by atoms with Crippen LogP contribution in [0, 0.1) is 0 Å². The minimum Gasteiger partial charge on any atom is -0.382 e. The molecule has 0 aliphatic carbocycles. The van der Waals surface area contributed by atoms with E-state index in [1.165, 1.54) is 7.11 Å². The van der Waals surface area contributed by atoms with Crippen molar-refractivity contribution in [1.82, 2.24) is 0 Å². The Bertz CT molecular complexity index is 114. The summed E-state index contributed by atoms with van der Waals surface area (Å²) in [5.41, 5.74) is 0. The zero-order chi connectivity index (χ0) is 7.33. The van der Waals surface area contributed by atoms with Gasteiger partial charge in [-0.2, -0.15) is 0 Å². The van der Waals surface area contributed by atoms with Crippen LogP contribution >= 0.6 is 27.4 Å². The predicted octanol–water partition coefficient (Wildman–Crippen LogP) is 2.16. The van der Waals surface area contributed by atoms with Gasteiger partial charge in [0.05, 0.1) is 35.3 Å². The average Bonchev–Trinajstić information content (AvgIpc) is 1.63. The number of hydrogen-bond donors (Lipinski definition) is 0. The predicted molar refractivity (Wildman–Crippen MR) is 40.6 cm³/mol. The molecule has 0 aliphatic heterocycles. The highest BCUT2D eigenvalue weighted by atomic mass is 127. The smallest absolute Gasteiger partial charge is 0.382 e. The lowest BCUT2D eigenvalue weighted by Crippen LogP contribution is -1.96. The average molecular weight is 268 g/mol. The highest BCUT2D eigenvalue weighted by molar-refractivity contribution is 14.2. The van der Waals surface area contributed by atoms with Crippen molar-refractivity contribution in [3.05, 3.63) is 0 Å². The molecule has 0 heterocycles. The van der Waals surface area contributed by atoms with Crippen LogP contribution in [0.1, 0.15) is 0 Å². The summed E-state index contributed by atoms with van der Waals surface area (Å²) in [7, 11) is 1.46. The third-order valence-corrected chi connectivity index (χ3v) is 1.85. The van der Waals surface area contributed by atoms with Gasteiger partial charge in [0.2, 0.25) is 0 Å². The summed E-state index contributed by atoms with van der Waals surface area (Å²) in [4.78, 5) is 0. The molecule has 0 aromatic rings. The molecular weight excluding hydrogens is 261 g/mol. The van der Waals surface area contributed by atoms with Crippen LogP contribution in [0.3, 0.4) is 0 Å². The summed E-state index contributed by atoms with van der Waals surface area (Å²) in [5, 5.41) is -3.81. The second-order valence-electron chi connectivity index (χ2n) is 1.24. The van der Waals surface area contributed by atoms with Crippen molar-refractivity contribution in [3.63, 3.8) is 0 Å². The van der Waals surface area contributed by atoms with Crippen LogP contribution < -0.4 is 0 Å². The molecule has 0 saturated carbocycles. The summed E-state index contributed by atoms with van der Waals surface area (Å²) in [6.45, 7) is 0.296. The molecule has 0 amide bonds. The van der Waals surface area contributed by atoms with Crippen LogP contribution in [0.25, 0.3) is 0 Å². The highest BCUT2D eigenvalue weighted by Gasteiger charge is 2.14. The Morgan fingerprint density at radius 1 is 1.67 bits per heavy atom. The molecular formula is C3H7FIO3P. The molecule has 0 fully saturated rings. The first-order chi connectivity index (χ1) is 4.06. The van der Waals surface area contributed by atoms with E-state index in [1.54, 1.807) is 0 Å². The molecule has 1 atom stereocenters. The van der Waals surface area contributed by atoms with Gasteiger partial charge in [-0.15, -0.1) is 4.20 Å². The first kappa shape index (κ1) is 9.81. The Labute approximate surface area is 66.0 Å². The van der Waals surface area contributed by atoms with E-state index in [9.17, 15) is 8.76 Å². The molecule has 0 spiro atoms. The van der Waals surface area contributed by atoms with Gasteiger partial charge < -0.3 is 4.74 Å². The lowest BCUT2D eigenvalue weighted by atomic mass is 10.8. The Morgan fingerprint density at radius 3 is 2.56 bits per heavy atom. The number of halogens is 2. The van der Waals surface area contributed by atoms with Gasteiger partial charge in [0, 0.05) is 7.11 Å². The first-order valence-corrected chi connectivity index (χ1v) is 6.49. The van der Waals surface area contributed by atoms with Gasteiger partial charge in [-0.1, -0.05) is 0 Å². The quantitative estimate of drug-likeness (QED) is 0.445. The molecule has 6 heteroatoms. The SMILES string of the molecule is COCCOP(=O)(F)I. The molecule has 56 valence electrons.